The van der Waals surface area contributed by atoms with E-state index in [2.05, 4.69) is 10.6 Å². The van der Waals surface area contributed by atoms with E-state index in [0.717, 1.165) is 6.07 Å². The van der Waals surface area contributed by atoms with Gasteiger partial charge < -0.3 is 20.1 Å². The van der Waals surface area contributed by atoms with Gasteiger partial charge in [0.15, 0.2) is 0 Å². The molecule has 0 unspecified atom stereocenters. The summed E-state index contributed by atoms with van der Waals surface area (Å²) in [6, 6.07) is 6.39. The minimum Gasteiger partial charge on any atom is -0.495 e. The molecule has 0 aliphatic carbocycles. The predicted octanol–water partition coefficient (Wildman–Crippen LogP) is 3.73. The van der Waals surface area contributed by atoms with Crippen LogP contribution in [0.25, 0.3) is 0 Å². The number of nitrogens with one attached hydrogen (secondary N) is 2. The number of ether oxygens (including phenoxy) is 2. The predicted molar refractivity (Wildman–Crippen MR) is 93.2 cm³/mol. The summed E-state index contributed by atoms with van der Waals surface area (Å²) in [4.78, 5) is 24.0. The molecule has 9 heteroatoms. The van der Waals surface area contributed by atoms with Crippen LogP contribution in [0.1, 0.15) is 0 Å². The lowest BCUT2D eigenvalue weighted by atomic mass is 10.2. The van der Waals surface area contributed by atoms with Crippen molar-refractivity contribution < 1.29 is 23.5 Å². The summed E-state index contributed by atoms with van der Waals surface area (Å²) in [7, 11) is 2.79. The Balaban J connectivity index is 2.15. The summed E-state index contributed by atoms with van der Waals surface area (Å²) >= 11 is 11.6. The number of carbonyl (C=O) groups is 2. The van der Waals surface area contributed by atoms with Gasteiger partial charge in [-0.2, -0.15) is 0 Å². The summed E-state index contributed by atoms with van der Waals surface area (Å²) in [5.41, 5.74) is 0.369. The van der Waals surface area contributed by atoms with Gasteiger partial charge >= 0.3 is 11.8 Å². The largest absolute Gasteiger partial charge is 0.495 e. The van der Waals surface area contributed by atoms with Crippen LogP contribution in [0.5, 0.6) is 11.5 Å². The average Bonchev–Trinajstić information content (AvgIpc) is 2.59. The van der Waals surface area contributed by atoms with E-state index in [4.69, 9.17) is 32.7 Å². The van der Waals surface area contributed by atoms with E-state index >= 15 is 0 Å². The van der Waals surface area contributed by atoms with Gasteiger partial charge in [-0.05, 0) is 18.2 Å². The third-order valence-corrected chi connectivity index (χ3v) is 3.69. The minimum atomic E-state index is -0.973. The van der Waals surface area contributed by atoms with E-state index in [0.29, 0.717) is 5.75 Å². The third kappa shape index (κ3) is 4.52. The van der Waals surface area contributed by atoms with Crippen molar-refractivity contribution in [3.8, 4) is 11.5 Å². The molecule has 2 aromatic rings. The van der Waals surface area contributed by atoms with Crippen LogP contribution < -0.4 is 20.1 Å². The summed E-state index contributed by atoms with van der Waals surface area (Å²) < 4.78 is 23.3. The highest BCUT2D eigenvalue weighted by atomic mass is 35.5. The highest BCUT2D eigenvalue weighted by molar-refractivity contribution is 6.44. The molecule has 6 nitrogen and oxygen atoms in total. The van der Waals surface area contributed by atoms with E-state index < -0.39 is 17.6 Å². The zero-order valence-electron chi connectivity index (χ0n) is 13.2. The molecule has 0 heterocycles. The number of halogens is 3. The van der Waals surface area contributed by atoms with Crippen molar-refractivity contribution >= 4 is 46.4 Å². The lowest BCUT2D eigenvalue weighted by molar-refractivity contribution is -0.133. The lowest BCUT2D eigenvalue weighted by Gasteiger charge is -2.13. The van der Waals surface area contributed by atoms with Gasteiger partial charge in [-0.15, -0.1) is 0 Å². The smallest absolute Gasteiger partial charge is 0.314 e. The van der Waals surface area contributed by atoms with Crippen LogP contribution in [0.2, 0.25) is 10.0 Å². The van der Waals surface area contributed by atoms with Gasteiger partial charge in [0, 0.05) is 17.8 Å². The van der Waals surface area contributed by atoms with Crippen LogP contribution in [-0.4, -0.2) is 26.0 Å². The summed E-state index contributed by atoms with van der Waals surface area (Å²) in [6.07, 6.45) is 0. The van der Waals surface area contributed by atoms with Crippen molar-refractivity contribution in [2.45, 2.75) is 0 Å². The first-order valence-electron chi connectivity index (χ1n) is 6.84. The molecule has 0 aliphatic rings. The highest BCUT2D eigenvalue weighted by Crippen LogP contribution is 2.35. The standard InChI is InChI=1S/C16H13Cl2FN2O4/c1-24-13-7-12(14(25-2)6-10(13)18)21-16(23)15(22)20-8-3-4-11(19)9(17)5-8/h3-7H,1-2H3,(H,20,22)(H,21,23). The molecule has 0 radical (unpaired) electrons. The van der Waals surface area contributed by atoms with Gasteiger partial charge in [0.05, 0.1) is 30.0 Å². The molecular weight excluding hydrogens is 374 g/mol. The monoisotopic (exact) mass is 386 g/mol. The van der Waals surface area contributed by atoms with Crippen molar-refractivity contribution in [1.29, 1.82) is 0 Å². The Hall–Kier alpha value is -2.51. The second kappa shape index (κ2) is 8.04. The fourth-order valence-electron chi connectivity index (χ4n) is 1.90. The molecule has 132 valence electrons. The normalized spacial score (nSPS) is 10.1. The number of rotatable bonds is 4. The Labute approximate surface area is 152 Å². The van der Waals surface area contributed by atoms with Crippen molar-refractivity contribution in [3.05, 3.63) is 46.2 Å². The number of benzene rings is 2. The second-order valence-corrected chi connectivity index (χ2v) is 5.54. The molecule has 0 spiro atoms. The van der Waals surface area contributed by atoms with Gasteiger partial charge in [-0.3, -0.25) is 9.59 Å². The lowest BCUT2D eigenvalue weighted by Crippen LogP contribution is -2.29. The van der Waals surface area contributed by atoms with Gasteiger partial charge in [0.25, 0.3) is 0 Å². The van der Waals surface area contributed by atoms with Gasteiger partial charge in [-0.1, -0.05) is 23.2 Å². The second-order valence-electron chi connectivity index (χ2n) is 4.72. The molecular formula is C16H13Cl2FN2O4. The fraction of sp³-hybridized carbons (Fsp3) is 0.125. The first kappa shape index (κ1) is 18.8. The van der Waals surface area contributed by atoms with Crippen LogP contribution >= 0.6 is 23.2 Å². The SMILES string of the molecule is COc1cc(NC(=O)C(=O)Nc2ccc(F)c(Cl)c2)c(OC)cc1Cl. The molecule has 0 saturated heterocycles. The van der Waals surface area contributed by atoms with Crippen LogP contribution in [0.3, 0.4) is 0 Å². The third-order valence-electron chi connectivity index (χ3n) is 3.11. The molecule has 0 atom stereocenters. The maximum absolute atomic E-state index is 13.1. The number of amides is 2. The number of hydrogen-bond donors (Lipinski definition) is 2. The minimum absolute atomic E-state index is 0.173. The quantitative estimate of drug-likeness (QED) is 0.784. The molecule has 0 aromatic heterocycles. The van der Waals surface area contributed by atoms with Crippen molar-refractivity contribution in [2.24, 2.45) is 0 Å². The Morgan fingerprint density at radius 2 is 1.56 bits per heavy atom. The maximum Gasteiger partial charge on any atom is 0.314 e. The van der Waals surface area contributed by atoms with E-state index in [1.54, 1.807) is 0 Å². The van der Waals surface area contributed by atoms with E-state index in [1.165, 1.54) is 38.5 Å². The van der Waals surface area contributed by atoms with E-state index in [-0.39, 0.29) is 27.2 Å². The highest BCUT2D eigenvalue weighted by Gasteiger charge is 2.18. The first-order valence-corrected chi connectivity index (χ1v) is 7.60. The Morgan fingerprint density at radius 3 is 2.16 bits per heavy atom. The molecule has 0 bridgehead atoms. The number of anilines is 2. The van der Waals surface area contributed by atoms with Crippen LogP contribution in [0.4, 0.5) is 15.8 Å². The topological polar surface area (TPSA) is 76.7 Å². The van der Waals surface area contributed by atoms with Crippen molar-refractivity contribution in [3.63, 3.8) is 0 Å². The average molecular weight is 387 g/mol. The molecule has 2 aromatic carbocycles. The maximum atomic E-state index is 13.1. The molecule has 2 N–H and O–H groups in total. The van der Waals surface area contributed by atoms with E-state index in [9.17, 15) is 14.0 Å². The van der Waals surface area contributed by atoms with Crippen molar-refractivity contribution in [2.75, 3.05) is 24.9 Å². The summed E-state index contributed by atoms with van der Waals surface area (Å²) in [5.74, 6) is -2.04. The zero-order valence-corrected chi connectivity index (χ0v) is 14.7. The van der Waals surface area contributed by atoms with Gasteiger partial charge in [-0.25, -0.2) is 4.39 Å². The van der Waals surface area contributed by atoms with E-state index in [1.807, 2.05) is 0 Å². The fourth-order valence-corrected chi connectivity index (χ4v) is 2.31. The molecule has 0 aliphatic heterocycles. The number of methoxy groups -OCH3 is 2. The van der Waals surface area contributed by atoms with Gasteiger partial charge in [0.1, 0.15) is 17.3 Å². The molecule has 2 amide bonds. The molecule has 25 heavy (non-hydrogen) atoms. The molecule has 0 fully saturated rings. The molecule has 0 saturated carbocycles. The van der Waals surface area contributed by atoms with Crippen LogP contribution in [0, 0.1) is 5.82 Å². The Bertz CT molecular complexity index is 830. The summed E-state index contributed by atoms with van der Waals surface area (Å²) in [5, 5.41) is 4.80. The number of carbonyl (C=O) groups excluding carboxylic acids is 2. The Morgan fingerprint density at radius 1 is 0.920 bits per heavy atom. The Kier molecular flexibility index (Phi) is 6.06. The number of hydrogen-bond acceptors (Lipinski definition) is 4. The first-order chi connectivity index (χ1) is 11.8. The summed E-state index contributed by atoms with van der Waals surface area (Å²) in [6.45, 7) is 0. The molecule has 2 rings (SSSR count). The van der Waals surface area contributed by atoms with Crippen molar-refractivity contribution in [1.82, 2.24) is 0 Å². The van der Waals surface area contributed by atoms with Crippen LogP contribution in [0.15, 0.2) is 30.3 Å². The van der Waals surface area contributed by atoms with Gasteiger partial charge in [0.2, 0.25) is 0 Å². The zero-order chi connectivity index (χ0) is 18.6. The van der Waals surface area contributed by atoms with Crippen LogP contribution in [-0.2, 0) is 9.59 Å².